The van der Waals surface area contributed by atoms with Gasteiger partial charge in [0, 0.05) is 12.8 Å². The van der Waals surface area contributed by atoms with Gasteiger partial charge in [0.05, 0.1) is 26.7 Å². The fraction of sp³-hybridized carbons (Fsp3) is 0.900. The molecule has 17 heavy (non-hydrogen) atoms. The van der Waals surface area contributed by atoms with Gasteiger partial charge < -0.3 is 4.55 Å². The van der Waals surface area contributed by atoms with Crippen molar-refractivity contribution in [2.45, 2.75) is 32.1 Å². The lowest BCUT2D eigenvalue weighted by Crippen LogP contribution is -2.42. The Balaban J connectivity index is 0.000000249. The van der Waals surface area contributed by atoms with E-state index in [2.05, 4.69) is 16.5 Å². The van der Waals surface area contributed by atoms with Crippen LogP contribution in [-0.4, -0.2) is 59.5 Å². The summed E-state index contributed by atoms with van der Waals surface area (Å²) in [4.78, 5) is 2.59. The summed E-state index contributed by atoms with van der Waals surface area (Å²) in [5.41, 5.74) is 0. The average molecular weight is 264 g/mol. The van der Waals surface area contributed by atoms with Crippen LogP contribution in [0.3, 0.4) is 0 Å². The highest BCUT2D eigenvalue weighted by Crippen LogP contribution is 2.14. The Morgan fingerprint density at radius 3 is 2.47 bits per heavy atom. The van der Waals surface area contributed by atoms with Gasteiger partial charge >= 0.3 is 0 Å². The van der Waals surface area contributed by atoms with E-state index < -0.39 is 10.4 Å². The van der Waals surface area contributed by atoms with Crippen molar-refractivity contribution in [1.29, 1.82) is 0 Å². The molecular weight excluding hydrogens is 244 g/mol. The van der Waals surface area contributed by atoms with E-state index in [0.29, 0.717) is 0 Å². The zero-order valence-corrected chi connectivity index (χ0v) is 10.9. The molecule has 2 aliphatic rings. The number of hydrogen-bond acceptors (Lipinski definition) is 4. The SMILES string of the molecule is C[N+]1=C2CCCCCN2CCC1.O=S(=O)([O-])O. The van der Waals surface area contributed by atoms with Gasteiger partial charge in [-0.1, -0.05) is 0 Å². The zero-order valence-electron chi connectivity index (χ0n) is 10.1. The van der Waals surface area contributed by atoms with E-state index in [1.165, 1.54) is 51.7 Å². The minimum Gasteiger partial charge on any atom is -0.726 e. The predicted molar refractivity (Wildman–Crippen MR) is 63.0 cm³/mol. The lowest BCUT2D eigenvalue weighted by atomic mass is 10.2. The summed E-state index contributed by atoms with van der Waals surface area (Å²) in [5.74, 6) is 1.61. The molecule has 0 unspecified atom stereocenters. The second kappa shape index (κ2) is 6.32. The largest absolute Gasteiger partial charge is 0.726 e. The highest BCUT2D eigenvalue weighted by molar-refractivity contribution is 7.79. The van der Waals surface area contributed by atoms with Crippen molar-refractivity contribution >= 4 is 16.2 Å². The molecule has 0 atom stereocenters. The van der Waals surface area contributed by atoms with Crippen molar-refractivity contribution in [3.05, 3.63) is 0 Å². The van der Waals surface area contributed by atoms with Gasteiger partial charge in [-0.15, -0.1) is 0 Å². The summed E-state index contributed by atoms with van der Waals surface area (Å²) in [6.07, 6.45) is 6.89. The van der Waals surface area contributed by atoms with Gasteiger partial charge in [-0.2, -0.15) is 0 Å². The molecular formula is C10H20N2O4S. The molecule has 0 saturated carbocycles. The Morgan fingerprint density at radius 2 is 1.82 bits per heavy atom. The molecule has 0 aromatic heterocycles. The van der Waals surface area contributed by atoms with E-state index in [-0.39, 0.29) is 0 Å². The van der Waals surface area contributed by atoms with Crippen LogP contribution in [0, 0.1) is 0 Å². The maximum absolute atomic E-state index is 8.63. The van der Waals surface area contributed by atoms with Gasteiger partial charge in [0.1, 0.15) is 0 Å². The molecule has 0 radical (unpaired) electrons. The van der Waals surface area contributed by atoms with Gasteiger partial charge in [-0.25, -0.2) is 8.42 Å². The molecule has 0 aromatic rings. The fourth-order valence-electron chi connectivity index (χ4n) is 2.35. The monoisotopic (exact) mass is 264 g/mol. The van der Waals surface area contributed by atoms with Crippen molar-refractivity contribution in [2.75, 3.05) is 26.7 Å². The van der Waals surface area contributed by atoms with Crippen molar-refractivity contribution in [1.82, 2.24) is 4.90 Å². The summed E-state index contributed by atoms with van der Waals surface area (Å²) in [5, 5.41) is 0. The molecule has 0 bridgehead atoms. The first-order chi connectivity index (χ1) is 7.88. The van der Waals surface area contributed by atoms with Crippen LogP contribution in [0.1, 0.15) is 32.1 Å². The summed E-state index contributed by atoms with van der Waals surface area (Å²) < 4.78 is 35.3. The molecule has 0 aromatic carbocycles. The van der Waals surface area contributed by atoms with Crippen molar-refractivity contribution in [3.63, 3.8) is 0 Å². The Labute approximate surface area is 103 Å². The molecule has 1 saturated heterocycles. The lowest BCUT2D eigenvalue weighted by Gasteiger charge is -2.23. The molecule has 2 heterocycles. The first kappa shape index (κ1) is 14.4. The maximum atomic E-state index is 8.63. The third-order valence-electron chi connectivity index (χ3n) is 3.06. The number of nitrogens with zero attached hydrogens (tertiary/aromatic N) is 2. The van der Waals surface area contributed by atoms with Gasteiger partial charge in [-0.05, 0) is 19.3 Å². The quantitative estimate of drug-likeness (QED) is 0.387. The molecule has 100 valence electrons. The van der Waals surface area contributed by atoms with Crippen molar-refractivity contribution < 1.29 is 22.1 Å². The van der Waals surface area contributed by atoms with Crippen LogP contribution in [0.25, 0.3) is 0 Å². The first-order valence-electron chi connectivity index (χ1n) is 5.88. The van der Waals surface area contributed by atoms with E-state index in [9.17, 15) is 0 Å². The number of amidine groups is 1. The topological polar surface area (TPSA) is 83.7 Å². The second-order valence-corrected chi connectivity index (χ2v) is 5.27. The molecule has 0 aliphatic carbocycles. The molecule has 1 N–H and O–H groups in total. The molecule has 7 heteroatoms. The number of rotatable bonds is 0. The second-order valence-electron chi connectivity index (χ2n) is 4.42. The van der Waals surface area contributed by atoms with Crippen molar-refractivity contribution in [3.8, 4) is 0 Å². The summed E-state index contributed by atoms with van der Waals surface area (Å²) in [6, 6.07) is 0. The summed E-state index contributed by atoms with van der Waals surface area (Å²) in [6.45, 7) is 3.88. The molecule has 2 rings (SSSR count). The number of hydrogen-bond donors (Lipinski definition) is 1. The van der Waals surface area contributed by atoms with Crippen LogP contribution in [-0.2, 0) is 10.4 Å². The molecule has 1 fully saturated rings. The highest BCUT2D eigenvalue weighted by Gasteiger charge is 2.26. The Hall–Kier alpha value is -0.660. The fourth-order valence-corrected chi connectivity index (χ4v) is 2.35. The van der Waals surface area contributed by atoms with E-state index in [1.807, 2.05) is 0 Å². The standard InChI is InChI=1S/C10H19N2.H2O4S/c1-11-7-5-9-12-8-4-2-3-6-10(11)12;1-5(2,3)4/h2-9H2,1H3;(H2,1,2,3,4)/q+1;/p-1. The van der Waals surface area contributed by atoms with Gasteiger partial charge in [0.25, 0.3) is 0 Å². The van der Waals surface area contributed by atoms with Gasteiger partial charge in [-0.3, -0.25) is 14.0 Å². The first-order valence-corrected chi connectivity index (χ1v) is 7.24. The van der Waals surface area contributed by atoms with Crippen molar-refractivity contribution in [2.24, 2.45) is 0 Å². The van der Waals surface area contributed by atoms with Crippen LogP contribution in [0.2, 0.25) is 0 Å². The number of fused-ring (bicyclic) bond motifs is 1. The molecule has 6 nitrogen and oxygen atoms in total. The van der Waals surface area contributed by atoms with Crippen LogP contribution in [0.4, 0.5) is 0 Å². The predicted octanol–water partition coefficient (Wildman–Crippen LogP) is 0.312. The lowest BCUT2D eigenvalue weighted by molar-refractivity contribution is -0.510. The normalized spacial score (nSPS) is 21.2. The minimum absolute atomic E-state index is 1.27. The van der Waals surface area contributed by atoms with Crippen LogP contribution >= 0.6 is 0 Å². The van der Waals surface area contributed by atoms with E-state index >= 15 is 0 Å². The smallest absolute Gasteiger partial charge is 0.246 e. The van der Waals surface area contributed by atoms with Crippen LogP contribution in [0.15, 0.2) is 0 Å². The van der Waals surface area contributed by atoms with Crippen LogP contribution in [0.5, 0.6) is 0 Å². The average Bonchev–Trinajstić information content (AvgIpc) is 2.41. The Morgan fingerprint density at radius 1 is 1.24 bits per heavy atom. The van der Waals surface area contributed by atoms with E-state index in [1.54, 1.807) is 5.84 Å². The van der Waals surface area contributed by atoms with Gasteiger partial charge in [0.2, 0.25) is 16.2 Å². The maximum Gasteiger partial charge on any atom is 0.246 e. The Bertz CT molecular complexity index is 370. The Kier molecular flexibility index (Phi) is 5.35. The highest BCUT2D eigenvalue weighted by atomic mass is 32.3. The third-order valence-corrected chi connectivity index (χ3v) is 3.06. The third kappa shape index (κ3) is 5.99. The molecule has 0 amide bonds. The van der Waals surface area contributed by atoms with E-state index in [0.717, 1.165) is 0 Å². The summed E-state index contributed by atoms with van der Waals surface area (Å²) >= 11 is 0. The molecule has 0 spiro atoms. The van der Waals surface area contributed by atoms with Gasteiger partial charge in [0.15, 0.2) is 0 Å². The summed E-state index contributed by atoms with van der Waals surface area (Å²) in [7, 11) is -2.67. The molecule has 2 aliphatic heterocycles. The van der Waals surface area contributed by atoms with E-state index in [4.69, 9.17) is 17.5 Å². The minimum atomic E-state index is -4.92. The zero-order chi connectivity index (χ0) is 12.9. The van der Waals surface area contributed by atoms with Crippen LogP contribution < -0.4 is 0 Å².